The number of furan rings is 1. The monoisotopic (exact) mass is 261 g/mol. The fourth-order valence-electron chi connectivity index (χ4n) is 1.93. The van der Waals surface area contributed by atoms with E-state index in [2.05, 4.69) is 27.7 Å². The van der Waals surface area contributed by atoms with Crippen molar-refractivity contribution in [3.63, 3.8) is 0 Å². The van der Waals surface area contributed by atoms with Crippen molar-refractivity contribution < 1.29 is 9.15 Å². The van der Waals surface area contributed by atoms with Gasteiger partial charge in [-0.25, -0.2) is 0 Å². The van der Waals surface area contributed by atoms with E-state index in [0.29, 0.717) is 0 Å². The van der Waals surface area contributed by atoms with Crippen LogP contribution in [0.15, 0.2) is 28.7 Å². The molecule has 2 N–H and O–H groups in total. The molecule has 1 atom stereocenters. The molecule has 1 aromatic carbocycles. The maximum atomic E-state index is 6.23. The number of fused-ring (bicyclic) bond motifs is 1. The Bertz CT molecular complexity index is 551. The Morgan fingerprint density at radius 3 is 2.63 bits per heavy atom. The summed E-state index contributed by atoms with van der Waals surface area (Å²) in [7, 11) is 0. The van der Waals surface area contributed by atoms with Crippen molar-refractivity contribution in [3.05, 3.63) is 30.0 Å². The van der Waals surface area contributed by atoms with Crippen molar-refractivity contribution in [1.82, 2.24) is 0 Å². The Kier molecular flexibility index (Phi) is 3.85. The highest BCUT2D eigenvalue weighted by atomic mass is 16.5. The lowest BCUT2D eigenvalue weighted by Gasteiger charge is -2.24. The van der Waals surface area contributed by atoms with Gasteiger partial charge in [-0.15, -0.1) is 0 Å². The smallest absolute Gasteiger partial charge is 0.134 e. The maximum Gasteiger partial charge on any atom is 0.134 e. The van der Waals surface area contributed by atoms with Crippen molar-refractivity contribution in [2.45, 2.75) is 40.2 Å². The molecule has 0 saturated carbocycles. The average Bonchev–Trinajstić information content (AvgIpc) is 2.76. The molecule has 2 rings (SSSR count). The van der Waals surface area contributed by atoms with Crippen LogP contribution in [0.25, 0.3) is 11.0 Å². The number of hydrogen-bond donors (Lipinski definition) is 1. The highest BCUT2D eigenvalue weighted by Gasteiger charge is 2.25. The first-order valence-corrected chi connectivity index (χ1v) is 6.83. The van der Waals surface area contributed by atoms with Crippen LogP contribution in [0.1, 0.15) is 45.9 Å². The van der Waals surface area contributed by atoms with Crippen molar-refractivity contribution in [2.24, 2.45) is 11.1 Å². The first kappa shape index (κ1) is 13.9. The molecule has 0 aliphatic rings. The summed E-state index contributed by atoms with van der Waals surface area (Å²) in [5.74, 6) is 1.71. The first-order valence-electron chi connectivity index (χ1n) is 6.83. The molecule has 1 heterocycles. The van der Waals surface area contributed by atoms with E-state index in [1.807, 2.05) is 24.3 Å². The largest absolute Gasteiger partial charge is 0.494 e. The Morgan fingerprint density at radius 2 is 2.00 bits per heavy atom. The molecule has 0 amide bonds. The topological polar surface area (TPSA) is 48.4 Å². The molecular weight excluding hydrogens is 238 g/mol. The molecule has 2 aromatic rings. The lowest BCUT2D eigenvalue weighted by molar-refractivity contribution is 0.290. The summed E-state index contributed by atoms with van der Waals surface area (Å²) in [4.78, 5) is 0. The quantitative estimate of drug-likeness (QED) is 0.894. The normalized spacial score (nSPS) is 13.7. The summed E-state index contributed by atoms with van der Waals surface area (Å²) in [6.07, 6.45) is 1.00. The highest BCUT2D eigenvalue weighted by Crippen LogP contribution is 2.34. The van der Waals surface area contributed by atoms with E-state index in [1.54, 1.807) is 0 Å². The van der Waals surface area contributed by atoms with Crippen molar-refractivity contribution in [3.8, 4) is 5.75 Å². The third kappa shape index (κ3) is 3.10. The summed E-state index contributed by atoms with van der Waals surface area (Å²) in [6, 6.07) is 7.80. The van der Waals surface area contributed by atoms with Gasteiger partial charge in [-0.05, 0) is 36.1 Å². The van der Waals surface area contributed by atoms with Crippen LogP contribution in [0, 0.1) is 5.41 Å². The van der Waals surface area contributed by atoms with Gasteiger partial charge in [0, 0.05) is 5.39 Å². The molecule has 0 fully saturated rings. The molecule has 0 aliphatic carbocycles. The molecule has 0 radical (unpaired) electrons. The summed E-state index contributed by atoms with van der Waals surface area (Å²) in [5, 5.41) is 1.04. The first-order chi connectivity index (χ1) is 8.91. The molecule has 3 heteroatoms. The van der Waals surface area contributed by atoms with Gasteiger partial charge in [0.15, 0.2) is 0 Å². The van der Waals surface area contributed by atoms with Crippen molar-refractivity contribution in [1.29, 1.82) is 0 Å². The van der Waals surface area contributed by atoms with Gasteiger partial charge in [0.05, 0.1) is 12.6 Å². The molecule has 104 valence electrons. The fraction of sp³-hybridized carbons (Fsp3) is 0.500. The van der Waals surface area contributed by atoms with Crippen LogP contribution < -0.4 is 10.5 Å². The summed E-state index contributed by atoms with van der Waals surface area (Å²) < 4.78 is 11.5. The van der Waals surface area contributed by atoms with E-state index in [4.69, 9.17) is 14.9 Å². The van der Waals surface area contributed by atoms with E-state index in [0.717, 1.165) is 35.5 Å². The third-order valence-electron chi connectivity index (χ3n) is 3.22. The SMILES string of the molecule is CCCOc1ccc2oc(C(N)C(C)(C)C)cc2c1. The third-order valence-corrected chi connectivity index (χ3v) is 3.22. The van der Waals surface area contributed by atoms with Gasteiger partial charge in [0.25, 0.3) is 0 Å². The average molecular weight is 261 g/mol. The number of hydrogen-bond acceptors (Lipinski definition) is 3. The molecule has 0 saturated heterocycles. The second-order valence-electron chi connectivity index (χ2n) is 6.04. The Balaban J connectivity index is 2.30. The predicted octanol–water partition coefficient (Wildman–Crippen LogP) is 4.27. The summed E-state index contributed by atoms with van der Waals surface area (Å²) >= 11 is 0. The predicted molar refractivity (Wildman–Crippen MR) is 78.4 cm³/mol. The minimum absolute atomic E-state index is 0.0184. The maximum absolute atomic E-state index is 6.23. The van der Waals surface area contributed by atoms with Gasteiger partial charge < -0.3 is 14.9 Å². The lowest BCUT2D eigenvalue weighted by atomic mass is 9.86. The Hall–Kier alpha value is -1.48. The minimum atomic E-state index is -0.111. The number of ether oxygens (including phenoxy) is 1. The Morgan fingerprint density at radius 1 is 1.26 bits per heavy atom. The van der Waals surface area contributed by atoms with Crippen LogP contribution in [-0.2, 0) is 0 Å². The Labute approximate surface area is 114 Å². The molecule has 0 aliphatic heterocycles. The summed E-state index contributed by atoms with van der Waals surface area (Å²) in [5.41, 5.74) is 7.07. The zero-order valence-corrected chi connectivity index (χ0v) is 12.2. The van der Waals surface area contributed by atoms with Crippen LogP contribution in [0.5, 0.6) is 5.75 Å². The van der Waals surface area contributed by atoms with E-state index in [-0.39, 0.29) is 11.5 Å². The zero-order chi connectivity index (χ0) is 14.0. The number of rotatable bonds is 4. The zero-order valence-electron chi connectivity index (χ0n) is 12.2. The number of nitrogens with two attached hydrogens (primary N) is 1. The second kappa shape index (κ2) is 5.25. The van der Waals surface area contributed by atoms with E-state index in [9.17, 15) is 0 Å². The van der Waals surface area contributed by atoms with Crippen LogP contribution in [-0.4, -0.2) is 6.61 Å². The second-order valence-corrected chi connectivity index (χ2v) is 6.04. The standard InChI is InChI=1S/C16H23NO2/c1-5-8-18-12-6-7-13-11(9-12)10-14(19-13)15(17)16(2,3)4/h6-7,9-10,15H,5,8,17H2,1-4H3. The highest BCUT2D eigenvalue weighted by molar-refractivity contribution is 5.79. The summed E-state index contributed by atoms with van der Waals surface area (Å²) in [6.45, 7) is 9.16. The van der Waals surface area contributed by atoms with Gasteiger partial charge in [0.1, 0.15) is 17.1 Å². The van der Waals surface area contributed by atoms with Crippen molar-refractivity contribution in [2.75, 3.05) is 6.61 Å². The molecule has 1 aromatic heterocycles. The molecule has 1 unspecified atom stereocenters. The van der Waals surface area contributed by atoms with Crippen molar-refractivity contribution >= 4 is 11.0 Å². The van der Waals surface area contributed by atoms with Crippen LogP contribution in [0.4, 0.5) is 0 Å². The van der Waals surface area contributed by atoms with Crippen LogP contribution >= 0.6 is 0 Å². The minimum Gasteiger partial charge on any atom is -0.494 e. The molecule has 3 nitrogen and oxygen atoms in total. The van der Waals surface area contributed by atoms with Crippen LogP contribution in [0.3, 0.4) is 0 Å². The fourth-order valence-corrected chi connectivity index (χ4v) is 1.93. The molecule has 0 bridgehead atoms. The van der Waals surface area contributed by atoms with Gasteiger partial charge in [0.2, 0.25) is 0 Å². The van der Waals surface area contributed by atoms with E-state index >= 15 is 0 Å². The van der Waals surface area contributed by atoms with E-state index < -0.39 is 0 Å². The van der Waals surface area contributed by atoms with E-state index in [1.165, 1.54) is 0 Å². The van der Waals surface area contributed by atoms with Gasteiger partial charge >= 0.3 is 0 Å². The van der Waals surface area contributed by atoms with Gasteiger partial charge in [-0.2, -0.15) is 0 Å². The van der Waals surface area contributed by atoms with Crippen LogP contribution in [0.2, 0.25) is 0 Å². The van der Waals surface area contributed by atoms with Gasteiger partial charge in [-0.1, -0.05) is 27.7 Å². The lowest BCUT2D eigenvalue weighted by Crippen LogP contribution is -2.25. The number of benzene rings is 1. The van der Waals surface area contributed by atoms with Gasteiger partial charge in [-0.3, -0.25) is 0 Å². The molecule has 19 heavy (non-hydrogen) atoms. The molecular formula is C16H23NO2. The molecule has 0 spiro atoms.